The van der Waals surface area contributed by atoms with E-state index in [4.69, 9.17) is 14.2 Å². The minimum absolute atomic E-state index is 0.0981. The maximum absolute atomic E-state index is 12.8. The average Bonchev–Trinajstić information content (AvgIpc) is 3.34. The largest absolute Gasteiger partial charge is 0.462 e. The standard InChI is InChI=1S/C62H100O6/c1-4-7-10-13-16-19-22-24-26-28-29-30-31-32-33-35-36-38-40-43-46-49-52-55-61(64)67-58-59(57-66-60(63)54-51-48-45-42-21-18-15-12-9-6-3)68-62(65)56-53-50-47-44-41-39-37-34-27-25-23-20-17-14-11-8-5-2/h7-8,10-12,15-17,19-20,24-27,29-30,32-33,36,38,59H,4-6,9,13-14,18,21-23,28,31,34-35,37,39-58H2,1-3H3/b10-7-,11-8-,15-12-,19-16-,20-17-,26-24-,27-25-,30-29-,33-32-,38-36-. The number of rotatable bonds is 48. The van der Waals surface area contributed by atoms with E-state index in [2.05, 4.69) is 142 Å². The van der Waals surface area contributed by atoms with E-state index in [0.29, 0.717) is 19.3 Å². The third kappa shape index (κ3) is 52.8. The van der Waals surface area contributed by atoms with Gasteiger partial charge in [0, 0.05) is 19.3 Å². The minimum Gasteiger partial charge on any atom is -0.462 e. The maximum atomic E-state index is 12.8. The summed E-state index contributed by atoms with van der Waals surface area (Å²) in [5, 5.41) is 0. The molecular weight excluding hydrogens is 841 g/mol. The van der Waals surface area contributed by atoms with Crippen LogP contribution in [0.4, 0.5) is 0 Å². The van der Waals surface area contributed by atoms with Crippen LogP contribution in [-0.2, 0) is 28.6 Å². The highest BCUT2D eigenvalue weighted by molar-refractivity contribution is 5.71. The SMILES string of the molecule is CC/C=C\C/C=C\C/C=C\C/C=C\C/C=C\C/C=C\CCCCCCC(=O)OCC(COC(=O)CCCCCCC/C=C\CCC)OC(=O)CCCCCCCCC/C=C\C/C=C\C/C=C\CC. The van der Waals surface area contributed by atoms with E-state index >= 15 is 0 Å². The first-order valence-corrected chi connectivity index (χ1v) is 27.5. The molecule has 0 aromatic heterocycles. The van der Waals surface area contributed by atoms with Gasteiger partial charge in [-0.3, -0.25) is 14.4 Å². The minimum atomic E-state index is -0.800. The van der Waals surface area contributed by atoms with Gasteiger partial charge in [-0.25, -0.2) is 0 Å². The molecule has 0 aliphatic heterocycles. The van der Waals surface area contributed by atoms with E-state index < -0.39 is 6.10 Å². The third-order valence-corrected chi connectivity index (χ3v) is 11.2. The average molecular weight is 941 g/mol. The summed E-state index contributed by atoms with van der Waals surface area (Å²) in [6.45, 7) is 6.30. The zero-order valence-electron chi connectivity index (χ0n) is 43.8. The van der Waals surface area contributed by atoms with Crippen molar-refractivity contribution in [2.24, 2.45) is 0 Å². The second kappa shape index (κ2) is 55.4. The Morgan fingerprint density at radius 3 is 0.912 bits per heavy atom. The molecule has 0 fully saturated rings. The lowest BCUT2D eigenvalue weighted by Crippen LogP contribution is -2.30. The normalized spacial score (nSPS) is 13.0. The van der Waals surface area contributed by atoms with Crippen LogP contribution in [0, 0.1) is 0 Å². The Labute approximate surface area is 418 Å². The van der Waals surface area contributed by atoms with E-state index in [9.17, 15) is 14.4 Å². The van der Waals surface area contributed by atoms with Crippen LogP contribution >= 0.6 is 0 Å². The van der Waals surface area contributed by atoms with Crippen LogP contribution in [0.1, 0.15) is 233 Å². The number of esters is 3. The van der Waals surface area contributed by atoms with Gasteiger partial charge in [0.1, 0.15) is 13.2 Å². The lowest BCUT2D eigenvalue weighted by molar-refractivity contribution is -0.167. The molecule has 6 nitrogen and oxygen atoms in total. The van der Waals surface area contributed by atoms with Crippen LogP contribution in [0.5, 0.6) is 0 Å². The van der Waals surface area contributed by atoms with Crippen LogP contribution in [0.3, 0.4) is 0 Å². The summed E-state index contributed by atoms with van der Waals surface area (Å²) in [4.78, 5) is 38.0. The second-order valence-corrected chi connectivity index (χ2v) is 17.7. The van der Waals surface area contributed by atoms with E-state index in [1.165, 1.54) is 38.5 Å². The lowest BCUT2D eigenvalue weighted by Gasteiger charge is -2.18. The van der Waals surface area contributed by atoms with Crippen LogP contribution in [0.15, 0.2) is 122 Å². The van der Waals surface area contributed by atoms with Gasteiger partial charge in [0.25, 0.3) is 0 Å². The highest BCUT2D eigenvalue weighted by Crippen LogP contribution is 2.14. The van der Waals surface area contributed by atoms with E-state index in [1.54, 1.807) is 0 Å². The zero-order chi connectivity index (χ0) is 49.3. The molecule has 0 aromatic carbocycles. The summed E-state index contributed by atoms with van der Waals surface area (Å²) in [7, 11) is 0. The van der Waals surface area contributed by atoms with Crippen LogP contribution in [0.2, 0.25) is 0 Å². The summed E-state index contributed by atoms with van der Waals surface area (Å²) >= 11 is 0. The molecule has 384 valence electrons. The number of allylic oxidation sites excluding steroid dienone is 20. The Morgan fingerprint density at radius 2 is 0.574 bits per heavy atom. The number of unbranched alkanes of at least 4 members (excludes halogenated alkanes) is 17. The van der Waals surface area contributed by atoms with E-state index in [-0.39, 0.29) is 31.1 Å². The molecule has 0 spiro atoms. The molecule has 0 radical (unpaired) electrons. The topological polar surface area (TPSA) is 78.9 Å². The van der Waals surface area contributed by atoms with Gasteiger partial charge >= 0.3 is 17.9 Å². The molecule has 0 aliphatic rings. The summed E-state index contributed by atoms with van der Waals surface area (Å²) in [6, 6.07) is 0. The zero-order valence-corrected chi connectivity index (χ0v) is 43.8. The van der Waals surface area contributed by atoms with Crippen molar-refractivity contribution in [1.29, 1.82) is 0 Å². The number of hydrogen-bond acceptors (Lipinski definition) is 6. The van der Waals surface area contributed by atoms with Gasteiger partial charge in [-0.05, 0) is 122 Å². The van der Waals surface area contributed by atoms with Crippen molar-refractivity contribution in [3.63, 3.8) is 0 Å². The molecule has 1 atom stereocenters. The Hall–Kier alpha value is -4.19. The molecule has 0 aliphatic carbocycles. The van der Waals surface area contributed by atoms with E-state index in [1.807, 2.05) is 0 Å². The van der Waals surface area contributed by atoms with Crippen molar-refractivity contribution in [2.75, 3.05) is 13.2 Å². The van der Waals surface area contributed by atoms with Crippen molar-refractivity contribution in [3.05, 3.63) is 122 Å². The Kier molecular flexibility index (Phi) is 52.0. The van der Waals surface area contributed by atoms with Crippen LogP contribution in [-0.4, -0.2) is 37.2 Å². The molecule has 0 amide bonds. The Morgan fingerprint density at radius 1 is 0.309 bits per heavy atom. The molecule has 0 bridgehead atoms. The molecule has 0 N–H and O–H groups in total. The highest BCUT2D eigenvalue weighted by atomic mass is 16.6. The molecule has 1 unspecified atom stereocenters. The summed E-state index contributed by atoms with van der Waals surface area (Å²) in [6.07, 6.45) is 76.2. The Bertz CT molecular complexity index is 1450. The molecule has 0 saturated carbocycles. The number of hydrogen-bond donors (Lipinski definition) is 0. The maximum Gasteiger partial charge on any atom is 0.306 e. The number of carbonyl (C=O) groups is 3. The molecule has 68 heavy (non-hydrogen) atoms. The molecular formula is C62H100O6. The van der Waals surface area contributed by atoms with Crippen molar-refractivity contribution < 1.29 is 28.6 Å². The monoisotopic (exact) mass is 941 g/mol. The second-order valence-electron chi connectivity index (χ2n) is 17.7. The fourth-order valence-corrected chi connectivity index (χ4v) is 7.11. The highest BCUT2D eigenvalue weighted by Gasteiger charge is 2.19. The van der Waals surface area contributed by atoms with Crippen molar-refractivity contribution >= 4 is 17.9 Å². The van der Waals surface area contributed by atoms with Gasteiger partial charge in [0.2, 0.25) is 0 Å². The molecule has 0 rings (SSSR count). The van der Waals surface area contributed by atoms with Gasteiger partial charge in [0.15, 0.2) is 6.10 Å². The summed E-state index contributed by atoms with van der Waals surface area (Å²) in [5.41, 5.74) is 0. The van der Waals surface area contributed by atoms with E-state index in [0.717, 1.165) is 154 Å². The molecule has 0 saturated heterocycles. The predicted molar refractivity (Wildman–Crippen MR) is 293 cm³/mol. The molecule has 0 heterocycles. The van der Waals surface area contributed by atoms with Gasteiger partial charge in [-0.1, -0.05) is 213 Å². The lowest BCUT2D eigenvalue weighted by atomic mass is 10.1. The fraction of sp³-hybridized carbons (Fsp3) is 0.629. The molecule has 6 heteroatoms. The van der Waals surface area contributed by atoms with Crippen molar-refractivity contribution in [3.8, 4) is 0 Å². The van der Waals surface area contributed by atoms with Gasteiger partial charge < -0.3 is 14.2 Å². The van der Waals surface area contributed by atoms with Gasteiger partial charge in [0.05, 0.1) is 0 Å². The quantitative estimate of drug-likeness (QED) is 0.0262. The first-order valence-electron chi connectivity index (χ1n) is 27.5. The van der Waals surface area contributed by atoms with Crippen LogP contribution < -0.4 is 0 Å². The van der Waals surface area contributed by atoms with Crippen molar-refractivity contribution in [2.45, 2.75) is 239 Å². The summed E-state index contributed by atoms with van der Waals surface area (Å²) in [5.74, 6) is -0.949. The summed E-state index contributed by atoms with van der Waals surface area (Å²) < 4.78 is 16.8. The number of carbonyl (C=O) groups excluding carboxylic acids is 3. The first kappa shape index (κ1) is 63.8. The predicted octanol–water partition coefficient (Wildman–Crippen LogP) is 18.5. The van der Waals surface area contributed by atoms with Gasteiger partial charge in [-0.2, -0.15) is 0 Å². The fourth-order valence-electron chi connectivity index (χ4n) is 7.11. The van der Waals surface area contributed by atoms with Crippen LogP contribution in [0.25, 0.3) is 0 Å². The molecule has 0 aromatic rings. The third-order valence-electron chi connectivity index (χ3n) is 11.2. The van der Waals surface area contributed by atoms with Crippen molar-refractivity contribution in [1.82, 2.24) is 0 Å². The smallest absolute Gasteiger partial charge is 0.306 e. The number of ether oxygens (including phenoxy) is 3. The Balaban J connectivity index is 4.40. The first-order chi connectivity index (χ1) is 33.5. The van der Waals surface area contributed by atoms with Gasteiger partial charge in [-0.15, -0.1) is 0 Å².